The van der Waals surface area contributed by atoms with Crippen LogP contribution in [0.5, 0.6) is 0 Å². The van der Waals surface area contributed by atoms with E-state index in [2.05, 4.69) is 11.9 Å². The third-order valence-electron chi connectivity index (χ3n) is 5.63. The highest BCUT2D eigenvalue weighted by Crippen LogP contribution is 2.31. The van der Waals surface area contributed by atoms with Crippen molar-refractivity contribution in [2.75, 3.05) is 33.4 Å². The number of likely N-dealkylation sites (tertiary alicyclic amines) is 1. The maximum atomic E-state index is 13.3. The van der Waals surface area contributed by atoms with Gasteiger partial charge in [0.15, 0.2) is 5.69 Å². The van der Waals surface area contributed by atoms with Gasteiger partial charge in [-0.1, -0.05) is 19.1 Å². The predicted octanol–water partition coefficient (Wildman–Crippen LogP) is 1.90. The molecule has 0 saturated carbocycles. The van der Waals surface area contributed by atoms with Crippen molar-refractivity contribution in [3.8, 4) is 5.69 Å². The summed E-state index contributed by atoms with van der Waals surface area (Å²) in [6.07, 6.45) is 3.64. The Morgan fingerprint density at radius 3 is 2.86 bits per heavy atom. The smallest absolute Gasteiger partial charge is 0.274 e. The fourth-order valence-corrected chi connectivity index (χ4v) is 5.66. The van der Waals surface area contributed by atoms with Crippen molar-refractivity contribution < 1.29 is 17.9 Å². The highest BCUT2D eigenvalue weighted by atomic mass is 32.2. The number of sulfonamides is 1. The molecule has 1 fully saturated rings. The summed E-state index contributed by atoms with van der Waals surface area (Å²) in [6, 6.07) is 6.83. The van der Waals surface area contributed by atoms with Crippen LogP contribution in [0, 0.1) is 5.92 Å². The van der Waals surface area contributed by atoms with E-state index < -0.39 is 10.0 Å². The summed E-state index contributed by atoms with van der Waals surface area (Å²) in [7, 11) is -2.19. The Balaban J connectivity index is 1.80. The van der Waals surface area contributed by atoms with Crippen LogP contribution >= 0.6 is 0 Å². The predicted molar refractivity (Wildman–Crippen MR) is 107 cm³/mol. The summed E-state index contributed by atoms with van der Waals surface area (Å²) in [5.41, 5.74) is 1.44. The van der Waals surface area contributed by atoms with Crippen LogP contribution in [0.2, 0.25) is 0 Å². The van der Waals surface area contributed by atoms with Crippen LogP contribution in [0.25, 0.3) is 5.69 Å². The molecule has 3 heterocycles. The molecule has 1 aromatic heterocycles. The quantitative estimate of drug-likeness (QED) is 0.757. The molecule has 2 aliphatic heterocycles. The van der Waals surface area contributed by atoms with Crippen molar-refractivity contribution in [1.82, 2.24) is 18.8 Å². The number of rotatable bonds is 4. The van der Waals surface area contributed by atoms with Gasteiger partial charge in [0.1, 0.15) is 11.2 Å². The van der Waals surface area contributed by atoms with E-state index in [1.807, 2.05) is 4.90 Å². The van der Waals surface area contributed by atoms with Crippen molar-refractivity contribution in [2.24, 2.45) is 5.92 Å². The van der Waals surface area contributed by atoms with Crippen molar-refractivity contribution >= 4 is 15.9 Å². The molecule has 1 aromatic carbocycles. The minimum atomic E-state index is -3.73. The summed E-state index contributed by atoms with van der Waals surface area (Å²) in [4.78, 5) is 19.7. The molecule has 1 atom stereocenters. The second kappa shape index (κ2) is 7.89. The van der Waals surface area contributed by atoms with E-state index in [0.717, 1.165) is 12.8 Å². The lowest BCUT2D eigenvalue weighted by Gasteiger charge is -2.30. The zero-order valence-corrected chi connectivity index (χ0v) is 17.6. The number of imidazole rings is 1. The average Bonchev–Trinajstić information content (AvgIpc) is 3.10. The molecule has 8 nitrogen and oxygen atoms in total. The molecular formula is C20H26N4O4S. The first-order chi connectivity index (χ1) is 13.9. The van der Waals surface area contributed by atoms with Crippen LogP contribution < -0.4 is 0 Å². The molecule has 29 heavy (non-hydrogen) atoms. The number of fused-ring (bicyclic) bond motifs is 3. The molecule has 1 saturated heterocycles. The fraction of sp³-hybridized carbons (Fsp3) is 0.500. The summed E-state index contributed by atoms with van der Waals surface area (Å²) in [6.45, 7) is 4.09. The van der Waals surface area contributed by atoms with E-state index in [4.69, 9.17) is 4.74 Å². The summed E-state index contributed by atoms with van der Waals surface area (Å²) in [5, 5.41) is 0. The molecule has 0 N–H and O–H groups in total. The van der Waals surface area contributed by atoms with Gasteiger partial charge in [-0.25, -0.2) is 13.4 Å². The first kappa shape index (κ1) is 20.1. The zero-order valence-electron chi connectivity index (χ0n) is 16.7. The van der Waals surface area contributed by atoms with Crippen molar-refractivity contribution in [3.63, 3.8) is 0 Å². The van der Waals surface area contributed by atoms with E-state index in [9.17, 15) is 13.2 Å². The number of benzene rings is 1. The number of hydrogen-bond acceptors (Lipinski definition) is 5. The molecule has 2 aliphatic rings. The second-order valence-electron chi connectivity index (χ2n) is 7.71. The molecule has 1 unspecified atom stereocenters. The number of carbonyl (C=O) groups is 1. The number of hydrogen-bond donors (Lipinski definition) is 0. The zero-order chi connectivity index (χ0) is 20.6. The molecular weight excluding hydrogens is 392 g/mol. The van der Waals surface area contributed by atoms with Crippen LogP contribution in [-0.4, -0.2) is 66.4 Å². The number of carbonyl (C=O) groups excluding carboxylic acids is 1. The number of piperidine rings is 1. The summed E-state index contributed by atoms with van der Waals surface area (Å²) >= 11 is 0. The number of methoxy groups -OCH3 is 1. The van der Waals surface area contributed by atoms with Gasteiger partial charge in [0.2, 0.25) is 10.0 Å². The normalized spacial score (nSPS) is 21.3. The standard InChI is InChI=1S/C20H26N4O4S/c1-15-6-5-9-22(12-15)20(25)19-17-13-23(10-11-28-2)29(26,27)18-8-4-3-7-16(18)24(17)14-21-19/h3-4,7-8,14-15H,5-6,9-13H2,1-2H3. The maximum Gasteiger partial charge on any atom is 0.274 e. The van der Waals surface area contributed by atoms with Crippen molar-refractivity contribution in [1.29, 1.82) is 0 Å². The van der Waals surface area contributed by atoms with Crippen molar-refractivity contribution in [3.05, 3.63) is 42.0 Å². The molecule has 0 spiro atoms. The first-order valence-electron chi connectivity index (χ1n) is 9.87. The lowest BCUT2D eigenvalue weighted by Crippen LogP contribution is -2.40. The SMILES string of the molecule is COCCN1Cc2c(C(=O)N3CCCC(C)C3)ncn2-c2ccccc2S1(=O)=O. The fourth-order valence-electron chi connectivity index (χ4n) is 4.09. The van der Waals surface area contributed by atoms with Gasteiger partial charge in [0.25, 0.3) is 5.91 Å². The Bertz CT molecular complexity index is 1020. The number of aromatic nitrogens is 2. The van der Waals surface area contributed by atoms with Gasteiger partial charge in [-0.05, 0) is 30.9 Å². The molecule has 1 amide bonds. The van der Waals surface area contributed by atoms with Crippen molar-refractivity contribution in [2.45, 2.75) is 31.2 Å². The van der Waals surface area contributed by atoms with E-state index in [0.29, 0.717) is 36.1 Å². The van der Waals surface area contributed by atoms with E-state index in [1.54, 1.807) is 35.2 Å². The van der Waals surface area contributed by atoms with Crippen LogP contribution in [0.3, 0.4) is 0 Å². The van der Waals surface area contributed by atoms with Crippen LogP contribution in [0.1, 0.15) is 35.9 Å². The minimum absolute atomic E-state index is 0.0742. The molecule has 0 bridgehead atoms. The Hall–Kier alpha value is -2.23. The van der Waals surface area contributed by atoms with E-state index in [1.165, 1.54) is 11.4 Å². The lowest BCUT2D eigenvalue weighted by atomic mass is 10.00. The third-order valence-corrected chi connectivity index (χ3v) is 7.52. The molecule has 2 aromatic rings. The van der Waals surface area contributed by atoms with Crippen LogP contribution in [0.15, 0.2) is 35.5 Å². The largest absolute Gasteiger partial charge is 0.383 e. The van der Waals surface area contributed by atoms with Crippen LogP contribution in [0.4, 0.5) is 0 Å². The van der Waals surface area contributed by atoms with Gasteiger partial charge in [-0.3, -0.25) is 9.36 Å². The van der Waals surface area contributed by atoms with Crippen LogP contribution in [-0.2, 0) is 21.3 Å². The Morgan fingerprint density at radius 1 is 1.31 bits per heavy atom. The first-order valence-corrected chi connectivity index (χ1v) is 11.3. The Labute approximate surface area is 171 Å². The maximum absolute atomic E-state index is 13.3. The lowest BCUT2D eigenvalue weighted by molar-refractivity contribution is 0.0675. The number of amides is 1. The highest BCUT2D eigenvalue weighted by Gasteiger charge is 2.35. The monoisotopic (exact) mass is 418 g/mol. The molecule has 9 heteroatoms. The molecule has 156 valence electrons. The average molecular weight is 419 g/mol. The molecule has 4 rings (SSSR count). The molecule has 0 radical (unpaired) electrons. The van der Waals surface area contributed by atoms with Gasteiger partial charge < -0.3 is 9.64 Å². The Morgan fingerprint density at radius 2 is 2.10 bits per heavy atom. The van der Waals surface area contributed by atoms with E-state index in [-0.39, 0.29) is 30.5 Å². The topological polar surface area (TPSA) is 84.7 Å². The second-order valence-corrected chi connectivity index (χ2v) is 9.61. The number of nitrogens with zero attached hydrogens (tertiary/aromatic N) is 4. The van der Waals surface area contributed by atoms with Gasteiger partial charge in [-0.2, -0.15) is 4.31 Å². The van der Waals surface area contributed by atoms with Gasteiger partial charge in [0, 0.05) is 26.7 Å². The minimum Gasteiger partial charge on any atom is -0.383 e. The number of ether oxygens (including phenoxy) is 1. The Kier molecular flexibility index (Phi) is 5.46. The number of para-hydroxylation sites is 1. The van der Waals surface area contributed by atoms with Gasteiger partial charge in [0.05, 0.1) is 24.5 Å². The van der Waals surface area contributed by atoms with E-state index >= 15 is 0 Å². The molecule has 0 aliphatic carbocycles. The highest BCUT2D eigenvalue weighted by molar-refractivity contribution is 7.89. The summed E-state index contributed by atoms with van der Waals surface area (Å²) < 4.78 is 34.7. The van der Waals surface area contributed by atoms with Gasteiger partial charge >= 0.3 is 0 Å². The summed E-state index contributed by atoms with van der Waals surface area (Å²) in [5.74, 6) is 0.321. The van der Waals surface area contributed by atoms with Gasteiger partial charge in [-0.15, -0.1) is 0 Å². The third kappa shape index (κ3) is 3.58.